The lowest BCUT2D eigenvalue weighted by atomic mass is 9.80. The Bertz CT molecular complexity index is 240. The van der Waals surface area contributed by atoms with Gasteiger partial charge in [-0.3, -0.25) is 0 Å². The van der Waals surface area contributed by atoms with Gasteiger partial charge in [0.25, 0.3) is 0 Å². The lowest BCUT2D eigenvalue weighted by molar-refractivity contribution is -0.149. The van der Waals surface area contributed by atoms with Gasteiger partial charge in [0, 0.05) is 5.92 Å². The molecule has 7 atom stereocenters. The number of aliphatic hydroxyl groups excluding tert-OH is 1. The Morgan fingerprint density at radius 3 is 3.00 bits per heavy atom. The van der Waals surface area contributed by atoms with Gasteiger partial charge in [0.15, 0.2) is 6.29 Å². The molecule has 0 aromatic carbocycles. The quantitative estimate of drug-likeness (QED) is 0.552. The highest BCUT2D eigenvalue weighted by atomic mass is 16.7. The second kappa shape index (κ2) is 1.72. The van der Waals surface area contributed by atoms with Gasteiger partial charge in [0.05, 0.1) is 18.8 Å². The lowest BCUT2D eigenvalue weighted by Gasteiger charge is -2.27. The maximum Gasteiger partial charge on any atom is 0.161 e. The fourth-order valence-corrected chi connectivity index (χ4v) is 3.91. The topological polar surface area (TPSA) is 38.7 Å². The summed E-state index contributed by atoms with van der Waals surface area (Å²) < 4.78 is 11.2. The third-order valence-electron chi connectivity index (χ3n) is 4.34. The van der Waals surface area contributed by atoms with E-state index < -0.39 is 0 Å². The van der Waals surface area contributed by atoms with Crippen LogP contribution in [0, 0.1) is 23.7 Å². The molecular weight excluding hydrogens is 156 g/mol. The highest BCUT2D eigenvalue weighted by Gasteiger charge is 2.68. The largest absolute Gasteiger partial charge is 0.390 e. The summed E-state index contributed by atoms with van der Waals surface area (Å²) in [5.41, 5.74) is 0. The minimum Gasteiger partial charge on any atom is -0.390 e. The smallest absolute Gasteiger partial charge is 0.161 e. The molecule has 0 spiro atoms. The van der Waals surface area contributed by atoms with E-state index in [1.165, 1.54) is 6.42 Å². The van der Waals surface area contributed by atoms with Crippen LogP contribution in [0.4, 0.5) is 0 Å². The van der Waals surface area contributed by atoms with Crippen LogP contribution in [-0.2, 0) is 9.47 Å². The molecule has 0 radical (unpaired) electrons. The normalized spacial score (nSPS) is 71.2. The van der Waals surface area contributed by atoms with E-state index in [2.05, 4.69) is 0 Å². The second-order valence-corrected chi connectivity index (χ2v) is 4.60. The summed E-state index contributed by atoms with van der Waals surface area (Å²) in [6.45, 7) is 0.820. The van der Waals surface area contributed by atoms with E-state index in [9.17, 15) is 5.11 Å². The van der Waals surface area contributed by atoms with Crippen LogP contribution in [0.1, 0.15) is 6.42 Å². The van der Waals surface area contributed by atoms with Gasteiger partial charge >= 0.3 is 0 Å². The number of fused-ring (bicyclic) bond motifs is 2. The molecule has 1 N–H and O–H groups in total. The monoisotopic (exact) mass is 168 g/mol. The van der Waals surface area contributed by atoms with Crippen LogP contribution in [0.15, 0.2) is 0 Å². The molecule has 0 unspecified atom stereocenters. The summed E-state index contributed by atoms with van der Waals surface area (Å²) in [6.07, 6.45) is 1.14. The SMILES string of the molecule is O[C@@H]1[C@H]2C[C@H]3[C@@H]1O[C@H]1OC[C@H]2[C@H]13. The molecule has 4 fully saturated rings. The molecule has 4 aliphatic rings. The third kappa shape index (κ3) is 0.466. The van der Waals surface area contributed by atoms with Gasteiger partial charge in [-0.25, -0.2) is 0 Å². The van der Waals surface area contributed by atoms with Crippen molar-refractivity contribution in [3.05, 3.63) is 0 Å². The van der Waals surface area contributed by atoms with Crippen LogP contribution in [0.2, 0.25) is 0 Å². The second-order valence-electron chi connectivity index (χ2n) is 4.60. The average Bonchev–Trinajstić information content (AvgIpc) is 2.68. The Labute approximate surface area is 70.7 Å². The third-order valence-corrected chi connectivity index (χ3v) is 4.34. The van der Waals surface area contributed by atoms with Crippen molar-refractivity contribution in [2.24, 2.45) is 23.7 Å². The Hall–Kier alpha value is -0.120. The molecule has 4 rings (SSSR count). The first-order valence-electron chi connectivity index (χ1n) is 4.81. The first kappa shape index (κ1) is 6.35. The van der Waals surface area contributed by atoms with Crippen LogP contribution in [-0.4, -0.2) is 30.2 Å². The van der Waals surface area contributed by atoms with Crippen LogP contribution < -0.4 is 0 Å². The highest BCUT2D eigenvalue weighted by molar-refractivity contribution is 5.12. The minimum atomic E-state index is -0.190. The Kier molecular flexibility index (Phi) is 0.908. The predicted octanol–water partition coefficient (Wildman–Crippen LogP) is -0.0155. The van der Waals surface area contributed by atoms with Crippen molar-refractivity contribution in [2.75, 3.05) is 6.61 Å². The zero-order chi connectivity index (χ0) is 7.87. The molecule has 0 aromatic heterocycles. The van der Waals surface area contributed by atoms with E-state index >= 15 is 0 Å². The van der Waals surface area contributed by atoms with Crippen LogP contribution >= 0.6 is 0 Å². The van der Waals surface area contributed by atoms with Crippen molar-refractivity contribution >= 4 is 0 Å². The van der Waals surface area contributed by atoms with E-state index in [0.717, 1.165) is 6.61 Å². The number of ether oxygens (including phenoxy) is 2. The molecule has 2 heterocycles. The molecule has 12 heavy (non-hydrogen) atoms. The molecule has 3 nitrogen and oxygen atoms in total. The number of rotatable bonds is 0. The van der Waals surface area contributed by atoms with E-state index in [4.69, 9.17) is 9.47 Å². The molecule has 2 aliphatic carbocycles. The molecular formula is C9H12O3. The number of hydrogen-bond acceptors (Lipinski definition) is 3. The first-order valence-corrected chi connectivity index (χ1v) is 4.81. The minimum absolute atomic E-state index is 0.0344. The fraction of sp³-hybridized carbons (Fsp3) is 1.00. The van der Waals surface area contributed by atoms with E-state index in [1.807, 2.05) is 0 Å². The molecule has 3 heteroatoms. The summed E-state index contributed by atoms with van der Waals surface area (Å²) in [4.78, 5) is 0. The highest BCUT2D eigenvalue weighted by Crippen LogP contribution is 2.62. The lowest BCUT2D eigenvalue weighted by Crippen LogP contribution is -2.37. The van der Waals surface area contributed by atoms with Crippen molar-refractivity contribution in [1.29, 1.82) is 0 Å². The molecule has 2 aliphatic heterocycles. The fourth-order valence-electron chi connectivity index (χ4n) is 3.91. The predicted molar refractivity (Wildman–Crippen MR) is 39.2 cm³/mol. The summed E-state index contributed by atoms with van der Waals surface area (Å²) >= 11 is 0. The first-order chi connectivity index (χ1) is 5.86. The molecule has 0 amide bonds. The molecule has 2 saturated heterocycles. The van der Waals surface area contributed by atoms with E-state index in [-0.39, 0.29) is 18.5 Å². The van der Waals surface area contributed by atoms with E-state index in [0.29, 0.717) is 23.7 Å². The van der Waals surface area contributed by atoms with Gasteiger partial charge in [-0.05, 0) is 24.2 Å². The summed E-state index contributed by atoms with van der Waals surface area (Å²) in [5.74, 6) is 2.33. The molecule has 2 saturated carbocycles. The molecule has 0 aromatic rings. The Morgan fingerprint density at radius 2 is 2.08 bits per heavy atom. The summed E-state index contributed by atoms with van der Waals surface area (Å²) in [7, 11) is 0. The maximum atomic E-state index is 9.85. The number of hydrogen-bond donors (Lipinski definition) is 1. The Morgan fingerprint density at radius 1 is 1.17 bits per heavy atom. The van der Waals surface area contributed by atoms with Gasteiger partial charge in [0.1, 0.15) is 0 Å². The van der Waals surface area contributed by atoms with Crippen LogP contribution in [0.5, 0.6) is 0 Å². The van der Waals surface area contributed by atoms with Crippen molar-refractivity contribution in [1.82, 2.24) is 0 Å². The zero-order valence-electron chi connectivity index (χ0n) is 6.72. The Balaban J connectivity index is 1.87. The van der Waals surface area contributed by atoms with Gasteiger partial charge in [0.2, 0.25) is 0 Å². The average molecular weight is 168 g/mol. The molecule has 66 valence electrons. The van der Waals surface area contributed by atoms with Crippen molar-refractivity contribution in [2.45, 2.75) is 24.9 Å². The summed E-state index contributed by atoms with van der Waals surface area (Å²) in [5, 5.41) is 9.85. The van der Waals surface area contributed by atoms with Crippen LogP contribution in [0.3, 0.4) is 0 Å². The maximum absolute atomic E-state index is 9.85. The van der Waals surface area contributed by atoms with Gasteiger partial charge in [-0.2, -0.15) is 0 Å². The van der Waals surface area contributed by atoms with Gasteiger partial charge in [-0.15, -0.1) is 0 Å². The van der Waals surface area contributed by atoms with Crippen molar-refractivity contribution in [3.8, 4) is 0 Å². The van der Waals surface area contributed by atoms with E-state index in [1.54, 1.807) is 0 Å². The van der Waals surface area contributed by atoms with Gasteiger partial charge in [-0.1, -0.05) is 0 Å². The zero-order valence-corrected chi connectivity index (χ0v) is 6.72. The summed E-state index contributed by atoms with van der Waals surface area (Å²) in [6, 6.07) is 0. The van der Waals surface area contributed by atoms with Crippen molar-refractivity contribution < 1.29 is 14.6 Å². The van der Waals surface area contributed by atoms with Crippen molar-refractivity contribution in [3.63, 3.8) is 0 Å². The van der Waals surface area contributed by atoms with Gasteiger partial charge < -0.3 is 14.6 Å². The van der Waals surface area contributed by atoms with Crippen LogP contribution in [0.25, 0.3) is 0 Å². The molecule has 2 bridgehead atoms. The standard InChI is InChI=1S/C9H12O3/c10-7-3-1-4-6-5(3)2-11-9(6)12-8(4)7/h3-10H,1-2H2/t3-,4+,5+,6+,7+,8-,9+/m0/s1. The number of aliphatic hydroxyl groups is 1.